The van der Waals surface area contributed by atoms with E-state index < -0.39 is 0 Å². The lowest BCUT2D eigenvalue weighted by Gasteiger charge is -2.00. The standard InChI is InChI=1S/C27H20FN5OS2/c28-22-14-11-19(12-15-22)18-35-27-31-30-26(36-27)29-24(34)16-13-21-17-33(23-9-5-2-6-10-23)32-25(21)20-7-3-1-4-8-20/h1-17H,18H2,(H,29,30,34)/b16-13+. The smallest absolute Gasteiger partial charge is 0.250 e. The van der Waals surface area contributed by atoms with E-state index in [1.165, 1.54) is 41.3 Å². The number of halogens is 1. The Bertz CT molecular complexity index is 1480. The minimum absolute atomic E-state index is 0.263. The number of carbonyl (C=O) groups excluding carboxylic acids is 1. The fraction of sp³-hybridized carbons (Fsp3) is 0.0370. The lowest BCUT2D eigenvalue weighted by Crippen LogP contribution is -2.07. The summed E-state index contributed by atoms with van der Waals surface area (Å²) in [6, 6.07) is 26.0. The number of aromatic nitrogens is 4. The van der Waals surface area contributed by atoms with E-state index >= 15 is 0 Å². The van der Waals surface area contributed by atoms with Gasteiger partial charge in [-0.15, -0.1) is 10.2 Å². The molecule has 0 atom stereocenters. The summed E-state index contributed by atoms with van der Waals surface area (Å²) in [5, 5.41) is 16.1. The van der Waals surface area contributed by atoms with Gasteiger partial charge in [-0.3, -0.25) is 10.1 Å². The summed E-state index contributed by atoms with van der Waals surface area (Å²) in [5.74, 6) is 0.0601. The molecule has 0 aliphatic carbocycles. The summed E-state index contributed by atoms with van der Waals surface area (Å²) in [4.78, 5) is 12.6. The van der Waals surface area contributed by atoms with Gasteiger partial charge in [0.15, 0.2) is 4.34 Å². The minimum atomic E-state index is -0.312. The molecular weight excluding hydrogens is 493 g/mol. The Morgan fingerprint density at radius 1 is 0.972 bits per heavy atom. The molecule has 0 spiro atoms. The van der Waals surface area contributed by atoms with Gasteiger partial charge in [-0.25, -0.2) is 9.07 Å². The van der Waals surface area contributed by atoms with E-state index in [0.29, 0.717) is 15.2 Å². The maximum absolute atomic E-state index is 13.1. The second-order valence-electron chi connectivity index (χ2n) is 7.69. The molecule has 0 radical (unpaired) electrons. The van der Waals surface area contributed by atoms with Crippen LogP contribution in [0.1, 0.15) is 11.1 Å². The molecule has 1 N–H and O–H groups in total. The number of anilines is 1. The molecule has 0 saturated heterocycles. The van der Waals surface area contributed by atoms with Gasteiger partial charge in [0.05, 0.1) is 11.4 Å². The van der Waals surface area contributed by atoms with E-state index in [0.717, 1.165) is 28.1 Å². The summed E-state index contributed by atoms with van der Waals surface area (Å²) in [5.41, 5.74) is 4.46. The average molecular weight is 514 g/mol. The van der Waals surface area contributed by atoms with E-state index in [9.17, 15) is 9.18 Å². The van der Waals surface area contributed by atoms with Crippen LogP contribution in [0.3, 0.4) is 0 Å². The van der Waals surface area contributed by atoms with Crippen LogP contribution in [0.5, 0.6) is 0 Å². The van der Waals surface area contributed by atoms with Gasteiger partial charge in [-0.2, -0.15) is 5.10 Å². The zero-order valence-electron chi connectivity index (χ0n) is 18.9. The van der Waals surface area contributed by atoms with Gasteiger partial charge in [-0.05, 0) is 35.9 Å². The lowest BCUT2D eigenvalue weighted by molar-refractivity contribution is -0.111. The monoisotopic (exact) mass is 513 g/mol. The summed E-state index contributed by atoms with van der Waals surface area (Å²) in [6.45, 7) is 0. The Kier molecular flexibility index (Phi) is 7.30. The first-order chi connectivity index (χ1) is 17.6. The number of amides is 1. The van der Waals surface area contributed by atoms with E-state index in [2.05, 4.69) is 15.5 Å². The molecule has 36 heavy (non-hydrogen) atoms. The van der Waals surface area contributed by atoms with Crippen LogP contribution in [0.15, 0.2) is 102 Å². The Hall–Kier alpha value is -4.08. The molecule has 0 saturated carbocycles. The van der Waals surface area contributed by atoms with Crippen molar-refractivity contribution in [2.75, 3.05) is 5.32 Å². The molecule has 3 aromatic carbocycles. The predicted octanol–water partition coefficient (Wildman–Crippen LogP) is 6.47. The van der Waals surface area contributed by atoms with Gasteiger partial charge in [0.2, 0.25) is 11.0 Å². The van der Waals surface area contributed by atoms with Crippen molar-refractivity contribution in [1.29, 1.82) is 0 Å². The Balaban J connectivity index is 1.27. The van der Waals surface area contributed by atoms with Crippen LogP contribution in [-0.4, -0.2) is 25.9 Å². The van der Waals surface area contributed by atoms with Crippen molar-refractivity contribution in [1.82, 2.24) is 20.0 Å². The first-order valence-corrected chi connectivity index (χ1v) is 12.8. The van der Waals surface area contributed by atoms with Crippen LogP contribution in [-0.2, 0) is 10.5 Å². The van der Waals surface area contributed by atoms with Crippen LogP contribution in [0, 0.1) is 5.82 Å². The van der Waals surface area contributed by atoms with Gasteiger partial charge in [0.25, 0.3) is 0 Å². The van der Waals surface area contributed by atoms with E-state index in [-0.39, 0.29) is 11.7 Å². The molecule has 5 rings (SSSR count). The highest BCUT2D eigenvalue weighted by atomic mass is 32.2. The normalized spacial score (nSPS) is 11.1. The third-order valence-electron chi connectivity index (χ3n) is 5.14. The topological polar surface area (TPSA) is 72.7 Å². The Morgan fingerprint density at radius 3 is 2.44 bits per heavy atom. The van der Waals surface area contributed by atoms with E-state index in [1.54, 1.807) is 22.9 Å². The number of hydrogen-bond donors (Lipinski definition) is 1. The molecule has 0 bridgehead atoms. The number of hydrogen-bond acceptors (Lipinski definition) is 6. The van der Waals surface area contributed by atoms with Crippen molar-refractivity contribution in [3.8, 4) is 16.9 Å². The van der Waals surface area contributed by atoms with Gasteiger partial charge < -0.3 is 0 Å². The van der Waals surface area contributed by atoms with Crippen molar-refractivity contribution >= 4 is 40.2 Å². The van der Waals surface area contributed by atoms with Crippen LogP contribution in [0.25, 0.3) is 23.0 Å². The predicted molar refractivity (Wildman–Crippen MR) is 143 cm³/mol. The second-order valence-corrected chi connectivity index (χ2v) is 9.89. The largest absolute Gasteiger partial charge is 0.297 e. The zero-order valence-corrected chi connectivity index (χ0v) is 20.5. The van der Waals surface area contributed by atoms with Crippen molar-refractivity contribution in [2.24, 2.45) is 0 Å². The van der Waals surface area contributed by atoms with Crippen LogP contribution in [0.4, 0.5) is 9.52 Å². The number of thioether (sulfide) groups is 1. The molecule has 0 unspecified atom stereocenters. The fourth-order valence-corrected chi connectivity index (χ4v) is 5.11. The molecule has 2 aromatic heterocycles. The van der Waals surface area contributed by atoms with Crippen molar-refractivity contribution in [3.05, 3.63) is 114 Å². The SMILES string of the molecule is O=C(/C=C/c1cn(-c2ccccc2)nc1-c1ccccc1)Nc1nnc(SCc2ccc(F)cc2)s1. The lowest BCUT2D eigenvalue weighted by atomic mass is 10.1. The van der Waals surface area contributed by atoms with E-state index in [1.807, 2.05) is 66.9 Å². The highest BCUT2D eigenvalue weighted by Gasteiger charge is 2.12. The van der Waals surface area contributed by atoms with Crippen LogP contribution < -0.4 is 5.32 Å². The maximum Gasteiger partial charge on any atom is 0.250 e. The number of rotatable bonds is 8. The summed E-state index contributed by atoms with van der Waals surface area (Å²) in [6.07, 6.45) is 5.11. The second kappa shape index (κ2) is 11.1. The molecular formula is C27H20FN5OS2. The molecule has 5 aromatic rings. The first kappa shape index (κ1) is 23.7. The van der Waals surface area contributed by atoms with Gasteiger partial charge >= 0.3 is 0 Å². The minimum Gasteiger partial charge on any atom is -0.297 e. The van der Waals surface area contributed by atoms with Crippen molar-refractivity contribution in [3.63, 3.8) is 0 Å². The molecule has 0 fully saturated rings. The van der Waals surface area contributed by atoms with Gasteiger partial charge in [-0.1, -0.05) is 83.8 Å². The fourth-order valence-electron chi connectivity index (χ4n) is 3.40. The molecule has 0 aliphatic heterocycles. The number of carbonyl (C=O) groups is 1. The molecule has 6 nitrogen and oxygen atoms in total. The molecule has 9 heteroatoms. The highest BCUT2D eigenvalue weighted by molar-refractivity contribution is 8.00. The van der Waals surface area contributed by atoms with Crippen LogP contribution in [0.2, 0.25) is 0 Å². The molecule has 2 heterocycles. The third kappa shape index (κ3) is 5.94. The number of nitrogens with one attached hydrogen (secondary N) is 1. The summed E-state index contributed by atoms with van der Waals surface area (Å²) >= 11 is 2.77. The molecule has 1 amide bonds. The Labute approximate surface area is 215 Å². The number of benzene rings is 3. The van der Waals surface area contributed by atoms with Crippen LogP contribution >= 0.6 is 23.1 Å². The number of para-hydroxylation sites is 1. The van der Waals surface area contributed by atoms with E-state index in [4.69, 9.17) is 5.10 Å². The highest BCUT2D eigenvalue weighted by Crippen LogP contribution is 2.29. The van der Waals surface area contributed by atoms with Crippen molar-refractivity contribution in [2.45, 2.75) is 10.1 Å². The van der Waals surface area contributed by atoms with Gasteiger partial charge in [0, 0.05) is 29.2 Å². The maximum atomic E-state index is 13.1. The zero-order chi connectivity index (χ0) is 24.7. The van der Waals surface area contributed by atoms with Crippen molar-refractivity contribution < 1.29 is 9.18 Å². The summed E-state index contributed by atoms with van der Waals surface area (Å²) < 4.78 is 15.6. The number of nitrogens with zero attached hydrogens (tertiary/aromatic N) is 4. The average Bonchev–Trinajstić information content (AvgIpc) is 3.55. The third-order valence-corrected chi connectivity index (χ3v) is 7.18. The summed E-state index contributed by atoms with van der Waals surface area (Å²) in [7, 11) is 0. The first-order valence-electron chi connectivity index (χ1n) is 11.0. The Morgan fingerprint density at radius 2 is 1.69 bits per heavy atom. The molecule has 178 valence electrons. The quantitative estimate of drug-likeness (QED) is 0.146. The van der Waals surface area contributed by atoms with Gasteiger partial charge in [0.1, 0.15) is 5.82 Å². The molecule has 0 aliphatic rings.